The summed E-state index contributed by atoms with van der Waals surface area (Å²) < 4.78 is 27.4. The van der Waals surface area contributed by atoms with Crippen LogP contribution in [0.25, 0.3) is 0 Å². The first-order valence-corrected chi connectivity index (χ1v) is 10.8. The number of sulfonamides is 1. The molecule has 0 heterocycles. The van der Waals surface area contributed by atoms with E-state index in [0.29, 0.717) is 11.3 Å². The lowest BCUT2D eigenvalue weighted by Gasteiger charge is -2.30. The maximum atomic E-state index is 13.0. The Labute approximate surface area is 165 Å². The van der Waals surface area contributed by atoms with Crippen molar-refractivity contribution in [3.63, 3.8) is 0 Å². The zero-order valence-electron chi connectivity index (χ0n) is 15.8. The van der Waals surface area contributed by atoms with Crippen molar-refractivity contribution in [2.24, 2.45) is 0 Å². The van der Waals surface area contributed by atoms with Crippen LogP contribution in [0.3, 0.4) is 0 Å². The predicted octanol–water partition coefficient (Wildman–Crippen LogP) is 3.76. The van der Waals surface area contributed by atoms with Crippen molar-refractivity contribution in [2.45, 2.75) is 43.0 Å². The second kappa shape index (κ2) is 8.55. The summed E-state index contributed by atoms with van der Waals surface area (Å²) in [5, 5.41) is 11.6. The number of nitrogens with one attached hydrogen (secondary N) is 1. The molecule has 0 atom stereocenters. The molecule has 28 heavy (non-hydrogen) atoms. The van der Waals surface area contributed by atoms with Crippen molar-refractivity contribution in [3.8, 4) is 6.07 Å². The monoisotopic (exact) mass is 397 g/mol. The van der Waals surface area contributed by atoms with E-state index in [0.717, 1.165) is 32.1 Å². The number of carbonyl (C=O) groups is 1. The van der Waals surface area contributed by atoms with Gasteiger partial charge in [0.1, 0.15) is 0 Å². The number of amides is 1. The molecule has 6 nitrogen and oxygen atoms in total. The lowest BCUT2D eigenvalue weighted by atomic mass is 9.96. The average molecular weight is 398 g/mol. The smallest absolute Gasteiger partial charge is 0.255 e. The number of hydrogen-bond acceptors (Lipinski definition) is 4. The summed E-state index contributed by atoms with van der Waals surface area (Å²) in [6, 6.07) is 14.6. The standard InChI is InChI=1S/C21H23N3O3S/c1-24(19-7-3-2-4-8-19)28(26,27)20-9-5-6-17(14-20)21(25)23-18-12-10-16(15-22)11-13-18/h5-6,9-14,19H,2-4,7-8H2,1H3,(H,23,25). The summed E-state index contributed by atoms with van der Waals surface area (Å²) >= 11 is 0. The van der Waals surface area contributed by atoms with Gasteiger partial charge in [-0.3, -0.25) is 4.79 Å². The Hall–Kier alpha value is -2.69. The van der Waals surface area contributed by atoms with E-state index in [-0.39, 0.29) is 16.5 Å². The van der Waals surface area contributed by atoms with Crippen LogP contribution in [0.5, 0.6) is 0 Å². The summed E-state index contributed by atoms with van der Waals surface area (Å²) in [6.45, 7) is 0. The molecular formula is C21H23N3O3S. The van der Waals surface area contributed by atoms with Crippen LogP contribution < -0.4 is 5.32 Å². The molecule has 0 bridgehead atoms. The van der Waals surface area contributed by atoms with Crippen LogP contribution in [0, 0.1) is 11.3 Å². The van der Waals surface area contributed by atoms with E-state index >= 15 is 0 Å². The third-order valence-corrected chi connectivity index (χ3v) is 7.04. The Kier molecular flexibility index (Phi) is 6.12. The number of rotatable bonds is 5. The normalized spacial score (nSPS) is 15.2. The van der Waals surface area contributed by atoms with E-state index in [1.54, 1.807) is 43.4 Å². The van der Waals surface area contributed by atoms with Gasteiger partial charge in [-0.2, -0.15) is 9.57 Å². The minimum Gasteiger partial charge on any atom is -0.322 e. The Morgan fingerprint density at radius 2 is 1.79 bits per heavy atom. The topological polar surface area (TPSA) is 90.3 Å². The van der Waals surface area contributed by atoms with Gasteiger partial charge < -0.3 is 5.32 Å². The molecule has 1 aliphatic carbocycles. The third-order valence-electron chi connectivity index (χ3n) is 5.13. The van der Waals surface area contributed by atoms with Gasteiger partial charge >= 0.3 is 0 Å². The first-order valence-electron chi connectivity index (χ1n) is 9.31. The highest BCUT2D eigenvalue weighted by Gasteiger charge is 2.29. The summed E-state index contributed by atoms with van der Waals surface area (Å²) in [7, 11) is -2.04. The van der Waals surface area contributed by atoms with Crippen molar-refractivity contribution in [2.75, 3.05) is 12.4 Å². The van der Waals surface area contributed by atoms with Crippen LogP contribution in [0.4, 0.5) is 5.69 Å². The van der Waals surface area contributed by atoms with Crippen molar-refractivity contribution in [1.29, 1.82) is 5.26 Å². The molecule has 1 N–H and O–H groups in total. The zero-order valence-corrected chi connectivity index (χ0v) is 16.6. The summed E-state index contributed by atoms with van der Waals surface area (Å²) in [5.74, 6) is -0.401. The minimum absolute atomic E-state index is 0.00915. The van der Waals surface area contributed by atoms with E-state index in [1.807, 2.05) is 6.07 Å². The SMILES string of the molecule is CN(C1CCCCC1)S(=O)(=O)c1cccc(C(=O)Nc2ccc(C#N)cc2)c1. The summed E-state index contributed by atoms with van der Waals surface area (Å²) in [5.41, 5.74) is 1.30. The van der Waals surface area contributed by atoms with Crippen LogP contribution in [0.15, 0.2) is 53.4 Å². The third kappa shape index (κ3) is 4.41. The van der Waals surface area contributed by atoms with Crippen LogP contribution in [0.2, 0.25) is 0 Å². The number of benzene rings is 2. The van der Waals surface area contributed by atoms with E-state index in [9.17, 15) is 13.2 Å². The molecule has 1 aliphatic rings. The number of hydrogen-bond donors (Lipinski definition) is 1. The number of nitriles is 1. The van der Waals surface area contributed by atoms with Gasteiger partial charge in [-0.15, -0.1) is 0 Å². The van der Waals surface area contributed by atoms with Gasteiger partial charge in [0.25, 0.3) is 5.91 Å². The number of carbonyl (C=O) groups excluding carboxylic acids is 1. The maximum Gasteiger partial charge on any atom is 0.255 e. The Bertz CT molecular complexity index is 988. The van der Waals surface area contributed by atoms with E-state index in [2.05, 4.69) is 5.32 Å². The molecule has 3 rings (SSSR count). The largest absolute Gasteiger partial charge is 0.322 e. The van der Waals surface area contributed by atoms with Crippen molar-refractivity contribution in [3.05, 3.63) is 59.7 Å². The fourth-order valence-electron chi connectivity index (χ4n) is 3.44. The minimum atomic E-state index is -3.66. The summed E-state index contributed by atoms with van der Waals surface area (Å²) in [6.07, 6.45) is 4.97. The average Bonchev–Trinajstić information content (AvgIpc) is 2.74. The molecule has 0 aromatic heterocycles. The highest BCUT2D eigenvalue weighted by Crippen LogP contribution is 2.27. The highest BCUT2D eigenvalue weighted by atomic mass is 32.2. The van der Waals surface area contributed by atoms with Crippen LogP contribution in [-0.4, -0.2) is 31.7 Å². The van der Waals surface area contributed by atoms with Gasteiger partial charge in [0.2, 0.25) is 10.0 Å². The molecule has 0 saturated heterocycles. The lowest BCUT2D eigenvalue weighted by Crippen LogP contribution is -2.38. The number of nitrogens with zero attached hydrogens (tertiary/aromatic N) is 2. The molecule has 7 heteroatoms. The fraction of sp³-hybridized carbons (Fsp3) is 0.333. The van der Waals surface area contributed by atoms with Gasteiger partial charge in [-0.25, -0.2) is 8.42 Å². The Morgan fingerprint density at radius 1 is 1.11 bits per heavy atom. The molecule has 146 valence electrons. The molecule has 0 aliphatic heterocycles. The van der Waals surface area contributed by atoms with E-state index in [1.165, 1.54) is 16.4 Å². The zero-order chi connectivity index (χ0) is 20.1. The van der Waals surface area contributed by atoms with Crippen LogP contribution in [-0.2, 0) is 10.0 Å². The molecule has 0 spiro atoms. The fourth-order valence-corrected chi connectivity index (χ4v) is 4.90. The van der Waals surface area contributed by atoms with Crippen LogP contribution >= 0.6 is 0 Å². The summed E-state index contributed by atoms with van der Waals surface area (Å²) in [4.78, 5) is 12.7. The molecule has 2 aromatic rings. The predicted molar refractivity (Wildman–Crippen MR) is 107 cm³/mol. The van der Waals surface area contributed by atoms with Crippen molar-refractivity contribution in [1.82, 2.24) is 4.31 Å². The van der Waals surface area contributed by atoms with E-state index in [4.69, 9.17) is 5.26 Å². The molecule has 1 fully saturated rings. The molecular weight excluding hydrogens is 374 g/mol. The Morgan fingerprint density at radius 3 is 2.43 bits per heavy atom. The first-order chi connectivity index (χ1) is 13.4. The second-order valence-corrected chi connectivity index (χ2v) is 8.98. The van der Waals surface area contributed by atoms with Gasteiger partial charge in [-0.05, 0) is 55.3 Å². The second-order valence-electron chi connectivity index (χ2n) is 6.98. The lowest BCUT2D eigenvalue weighted by molar-refractivity contribution is 0.102. The first kappa shape index (κ1) is 20.1. The molecule has 0 unspecified atom stereocenters. The van der Waals surface area contributed by atoms with Crippen molar-refractivity contribution < 1.29 is 13.2 Å². The van der Waals surface area contributed by atoms with Gasteiger partial charge in [0.15, 0.2) is 0 Å². The van der Waals surface area contributed by atoms with E-state index < -0.39 is 15.9 Å². The molecule has 0 radical (unpaired) electrons. The van der Waals surface area contributed by atoms with Gasteiger partial charge in [-0.1, -0.05) is 25.3 Å². The Balaban J connectivity index is 1.78. The quantitative estimate of drug-likeness (QED) is 0.832. The maximum absolute atomic E-state index is 13.0. The molecule has 2 aromatic carbocycles. The highest BCUT2D eigenvalue weighted by molar-refractivity contribution is 7.89. The van der Waals surface area contributed by atoms with Crippen LogP contribution in [0.1, 0.15) is 48.0 Å². The van der Waals surface area contributed by atoms with Gasteiger partial charge in [0.05, 0.1) is 16.5 Å². The number of anilines is 1. The van der Waals surface area contributed by atoms with Gasteiger partial charge in [0, 0.05) is 24.3 Å². The molecule has 1 saturated carbocycles. The van der Waals surface area contributed by atoms with Crippen molar-refractivity contribution >= 4 is 21.6 Å². The molecule has 1 amide bonds.